The maximum Gasteiger partial charge on any atom is 0.217 e. The Kier molecular flexibility index (Phi) is 8.19. The van der Waals surface area contributed by atoms with Crippen molar-refractivity contribution in [2.45, 2.75) is 58.3 Å². The summed E-state index contributed by atoms with van der Waals surface area (Å²) in [5.74, 6) is -0.163. The first-order chi connectivity index (χ1) is 5.77. The molecule has 0 unspecified atom stereocenters. The molecular weight excluding hydrogens is 150 g/mol. The monoisotopic (exact) mass is 171 g/mol. The van der Waals surface area contributed by atoms with Crippen LogP contribution in [0.15, 0.2) is 0 Å². The summed E-state index contributed by atoms with van der Waals surface area (Å²) in [6.45, 7) is 2.22. The highest BCUT2D eigenvalue weighted by Crippen LogP contribution is 2.07. The molecule has 0 aromatic rings. The largest absolute Gasteiger partial charge is 0.370 e. The van der Waals surface area contributed by atoms with Gasteiger partial charge < -0.3 is 5.73 Å². The fraction of sp³-hybridized carbons (Fsp3) is 0.900. The van der Waals surface area contributed by atoms with Crippen LogP contribution >= 0.6 is 0 Å². The summed E-state index contributed by atoms with van der Waals surface area (Å²) in [5, 5.41) is 0. The predicted molar refractivity (Wildman–Crippen MR) is 51.8 cm³/mol. The van der Waals surface area contributed by atoms with Crippen LogP contribution in [0.25, 0.3) is 0 Å². The highest BCUT2D eigenvalue weighted by molar-refractivity contribution is 5.73. The number of primary amides is 1. The molecule has 0 aliphatic rings. The zero-order chi connectivity index (χ0) is 9.23. The summed E-state index contributed by atoms with van der Waals surface area (Å²) < 4.78 is 0. The summed E-state index contributed by atoms with van der Waals surface area (Å²) in [4.78, 5) is 10.4. The number of hydrogen-bond acceptors (Lipinski definition) is 1. The first-order valence-corrected chi connectivity index (χ1v) is 5.05. The quantitative estimate of drug-likeness (QED) is 0.560. The Balaban J connectivity index is 2.86. The third-order valence-electron chi connectivity index (χ3n) is 2.03. The topological polar surface area (TPSA) is 43.1 Å². The van der Waals surface area contributed by atoms with Gasteiger partial charge in [-0.05, 0) is 6.42 Å². The van der Waals surface area contributed by atoms with Crippen molar-refractivity contribution in [1.29, 1.82) is 0 Å². The number of carbonyl (C=O) groups is 1. The number of amides is 1. The van der Waals surface area contributed by atoms with E-state index in [0.717, 1.165) is 12.8 Å². The predicted octanol–water partition coefficient (Wildman–Crippen LogP) is 2.61. The van der Waals surface area contributed by atoms with Crippen molar-refractivity contribution in [3.8, 4) is 0 Å². The van der Waals surface area contributed by atoms with Gasteiger partial charge in [-0.25, -0.2) is 0 Å². The summed E-state index contributed by atoms with van der Waals surface area (Å²) in [5.41, 5.74) is 5.02. The lowest BCUT2D eigenvalue weighted by Crippen LogP contribution is -2.09. The second-order valence-corrected chi connectivity index (χ2v) is 3.34. The maximum absolute atomic E-state index is 10.4. The van der Waals surface area contributed by atoms with E-state index in [1.54, 1.807) is 0 Å². The Morgan fingerprint density at radius 3 is 2.00 bits per heavy atom. The summed E-state index contributed by atoms with van der Waals surface area (Å²) in [6, 6.07) is 0. The van der Waals surface area contributed by atoms with Gasteiger partial charge in [0.05, 0.1) is 0 Å². The zero-order valence-corrected chi connectivity index (χ0v) is 8.14. The van der Waals surface area contributed by atoms with Crippen LogP contribution < -0.4 is 5.73 Å². The number of carbonyl (C=O) groups excluding carboxylic acids is 1. The Morgan fingerprint density at radius 1 is 1.00 bits per heavy atom. The number of rotatable bonds is 8. The smallest absolute Gasteiger partial charge is 0.217 e. The van der Waals surface area contributed by atoms with Gasteiger partial charge in [0.15, 0.2) is 0 Å². The zero-order valence-electron chi connectivity index (χ0n) is 8.14. The molecule has 1 amide bonds. The number of unbranched alkanes of at least 4 members (excludes halogenated alkanes) is 6. The van der Waals surface area contributed by atoms with E-state index >= 15 is 0 Å². The van der Waals surface area contributed by atoms with Gasteiger partial charge in [0.2, 0.25) is 5.91 Å². The van der Waals surface area contributed by atoms with Gasteiger partial charge in [0.1, 0.15) is 0 Å². The average Bonchev–Trinajstić information content (AvgIpc) is 2.02. The van der Waals surface area contributed by atoms with Gasteiger partial charge in [-0.1, -0.05) is 45.4 Å². The third kappa shape index (κ3) is 9.47. The molecule has 0 radical (unpaired) electrons. The molecule has 0 atom stereocenters. The fourth-order valence-electron chi connectivity index (χ4n) is 1.26. The number of hydrogen-bond donors (Lipinski definition) is 1. The van der Waals surface area contributed by atoms with E-state index in [0.29, 0.717) is 6.42 Å². The van der Waals surface area contributed by atoms with Crippen molar-refractivity contribution in [3.05, 3.63) is 0 Å². The van der Waals surface area contributed by atoms with Gasteiger partial charge in [-0.3, -0.25) is 4.79 Å². The van der Waals surface area contributed by atoms with Crippen LogP contribution in [0.2, 0.25) is 0 Å². The standard InChI is InChI=1S/C10H21NO/c1-2-3-4-5-6-7-8-9-10(11)12/h2-9H2,1H3,(H2,11,12). The van der Waals surface area contributed by atoms with Crippen LogP contribution in [-0.2, 0) is 4.79 Å². The molecule has 0 bridgehead atoms. The van der Waals surface area contributed by atoms with E-state index in [-0.39, 0.29) is 5.91 Å². The molecule has 0 aliphatic carbocycles. The highest BCUT2D eigenvalue weighted by Gasteiger charge is 1.94. The minimum Gasteiger partial charge on any atom is -0.370 e. The molecule has 0 heterocycles. The Morgan fingerprint density at radius 2 is 1.50 bits per heavy atom. The van der Waals surface area contributed by atoms with Gasteiger partial charge in [-0.2, -0.15) is 0 Å². The second-order valence-electron chi connectivity index (χ2n) is 3.34. The van der Waals surface area contributed by atoms with Crippen molar-refractivity contribution in [3.63, 3.8) is 0 Å². The molecule has 2 N–H and O–H groups in total. The molecule has 0 aliphatic heterocycles. The molecule has 72 valence electrons. The first kappa shape index (κ1) is 11.5. The minimum absolute atomic E-state index is 0.163. The SMILES string of the molecule is CCCCCCCCCC(N)=O. The molecule has 2 heteroatoms. The van der Waals surface area contributed by atoms with E-state index in [1.807, 2.05) is 0 Å². The van der Waals surface area contributed by atoms with Gasteiger partial charge in [0.25, 0.3) is 0 Å². The van der Waals surface area contributed by atoms with E-state index in [9.17, 15) is 4.79 Å². The van der Waals surface area contributed by atoms with Crippen LogP contribution in [-0.4, -0.2) is 5.91 Å². The lowest BCUT2D eigenvalue weighted by molar-refractivity contribution is -0.118. The summed E-state index contributed by atoms with van der Waals surface area (Å²) in [6.07, 6.45) is 9.24. The molecule has 12 heavy (non-hydrogen) atoms. The van der Waals surface area contributed by atoms with Crippen LogP contribution in [0.1, 0.15) is 58.3 Å². The van der Waals surface area contributed by atoms with Gasteiger partial charge in [-0.15, -0.1) is 0 Å². The van der Waals surface area contributed by atoms with Gasteiger partial charge in [0, 0.05) is 6.42 Å². The van der Waals surface area contributed by atoms with Crippen molar-refractivity contribution >= 4 is 5.91 Å². The lowest BCUT2D eigenvalue weighted by Gasteiger charge is -1.98. The van der Waals surface area contributed by atoms with Crippen LogP contribution in [0.4, 0.5) is 0 Å². The summed E-state index contributed by atoms with van der Waals surface area (Å²) in [7, 11) is 0. The van der Waals surface area contributed by atoms with Crippen molar-refractivity contribution in [2.75, 3.05) is 0 Å². The van der Waals surface area contributed by atoms with Crippen molar-refractivity contribution < 1.29 is 4.79 Å². The Labute approximate surface area is 75.5 Å². The van der Waals surface area contributed by atoms with Crippen molar-refractivity contribution in [1.82, 2.24) is 0 Å². The van der Waals surface area contributed by atoms with Crippen LogP contribution in [0.5, 0.6) is 0 Å². The van der Waals surface area contributed by atoms with Crippen LogP contribution in [0.3, 0.4) is 0 Å². The minimum atomic E-state index is -0.163. The fourth-order valence-corrected chi connectivity index (χ4v) is 1.26. The molecule has 0 rings (SSSR count). The van der Waals surface area contributed by atoms with Gasteiger partial charge >= 0.3 is 0 Å². The molecule has 0 fully saturated rings. The maximum atomic E-state index is 10.4. The van der Waals surface area contributed by atoms with Crippen LogP contribution in [0, 0.1) is 0 Å². The molecule has 0 saturated heterocycles. The molecule has 0 aromatic carbocycles. The average molecular weight is 171 g/mol. The Hall–Kier alpha value is -0.530. The van der Waals surface area contributed by atoms with E-state index < -0.39 is 0 Å². The molecule has 0 spiro atoms. The summed E-state index contributed by atoms with van der Waals surface area (Å²) >= 11 is 0. The third-order valence-corrected chi connectivity index (χ3v) is 2.03. The lowest BCUT2D eigenvalue weighted by atomic mass is 10.1. The van der Waals surface area contributed by atoms with E-state index in [1.165, 1.54) is 32.1 Å². The second kappa shape index (κ2) is 8.57. The highest BCUT2D eigenvalue weighted by atomic mass is 16.1. The molecule has 0 saturated carbocycles. The first-order valence-electron chi connectivity index (χ1n) is 5.05. The van der Waals surface area contributed by atoms with Crippen molar-refractivity contribution in [2.24, 2.45) is 5.73 Å². The molecular formula is C10H21NO. The van der Waals surface area contributed by atoms with E-state index in [4.69, 9.17) is 5.73 Å². The van der Waals surface area contributed by atoms with E-state index in [2.05, 4.69) is 6.92 Å². The normalized spacial score (nSPS) is 10.1. The number of nitrogens with two attached hydrogens (primary N) is 1. The molecule has 0 aromatic heterocycles. The Bertz CT molecular complexity index is 112. The molecule has 2 nitrogen and oxygen atoms in total.